The van der Waals surface area contributed by atoms with E-state index in [1.54, 1.807) is 7.05 Å². The SMILES string of the molecule is CNC1(C(=O)O)CCCC1CCN(C)C(C)C1CC1. The van der Waals surface area contributed by atoms with E-state index in [0.717, 1.165) is 38.1 Å². The van der Waals surface area contributed by atoms with Crippen LogP contribution >= 0.6 is 0 Å². The Hall–Kier alpha value is -0.610. The molecular weight excluding hydrogens is 240 g/mol. The van der Waals surface area contributed by atoms with Gasteiger partial charge in [0.1, 0.15) is 5.54 Å². The van der Waals surface area contributed by atoms with Crippen molar-refractivity contribution in [2.24, 2.45) is 11.8 Å². The van der Waals surface area contributed by atoms with Crippen LogP contribution in [0, 0.1) is 11.8 Å². The zero-order valence-electron chi connectivity index (χ0n) is 12.5. The lowest BCUT2D eigenvalue weighted by atomic mass is 9.84. The summed E-state index contributed by atoms with van der Waals surface area (Å²) in [7, 11) is 3.97. The molecule has 19 heavy (non-hydrogen) atoms. The van der Waals surface area contributed by atoms with Crippen LogP contribution in [-0.4, -0.2) is 48.2 Å². The lowest BCUT2D eigenvalue weighted by Crippen LogP contribution is -2.53. The van der Waals surface area contributed by atoms with Crippen molar-refractivity contribution in [2.45, 2.75) is 57.0 Å². The maximum absolute atomic E-state index is 11.6. The van der Waals surface area contributed by atoms with E-state index in [9.17, 15) is 9.90 Å². The predicted octanol–water partition coefficient (Wildman–Crippen LogP) is 1.95. The molecule has 4 nitrogen and oxygen atoms in total. The highest BCUT2D eigenvalue weighted by Gasteiger charge is 2.47. The van der Waals surface area contributed by atoms with Gasteiger partial charge in [0.2, 0.25) is 0 Å². The Morgan fingerprint density at radius 3 is 2.68 bits per heavy atom. The normalized spacial score (nSPS) is 32.7. The molecule has 4 heteroatoms. The molecule has 110 valence electrons. The zero-order valence-corrected chi connectivity index (χ0v) is 12.5. The first-order valence-corrected chi connectivity index (χ1v) is 7.64. The number of carboxylic acid groups (broad SMARTS) is 1. The second-order valence-electron chi connectivity index (χ2n) is 6.46. The van der Waals surface area contributed by atoms with E-state index in [1.165, 1.54) is 12.8 Å². The fourth-order valence-corrected chi connectivity index (χ4v) is 3.69. The minimum Gasteiger partial charge on any atom is -0.480 e. The van der Waals surface area contributed by atoms with E-state index in [4.69, 9.17) is 0 Å². The fraction of sp³-hybridized carbons (Fsp3) is 0.933. The molecule has 2 aliphatic carbocycles. The largest absolute Gasteiger partial charge is 0.480 e. The van der Waals surface area contributed by atoms with Crippen LogP contribution in [0.3, 0.4) is 0 Å². The fourth-order valence-electron chi connectivity index (χ4n) is 3.69. The third-order valence-electron chi connectivity index (χ3n) is 5.48. The van der Waals surface area contributed by atoms with E-state index < -0.39 is 11.5 Å². The monoisotopic (exact) mass is 268 g/mol. The van der Waals surface area contributed by atoms with Gasteiger partial charge in [0.05, 0.1) is 0 Å². The van der Waals surface area contributed by atoms with Gasteiger partial charge >= 0.3 is 5.97 Å². The van der Waals surface area contributed by atoms with Crippen LogP contribution in [0.25, 0.3) is 0 Å². The minimum atomic E-state index is -0.677. The molecule has 0 saturated heterocycles. The van der Waals surface area contributed by atoms with Gasteiger partial charge in [-0.1, -0.05) is 6.42 Å². The Labute approximate surface area is 116 Å². The van der Waals surface area contributed by atoms with E-state index in [1.807, 2.05) is 0 Å². The summed E-state index contributed by atoms with van der Waals surface area (Å²) in [6.07, 6.45) is 6.56. The molecule has 2 fully saturated rings. The standard InChI is InChI=1S/C15H28N2O2/c1-11(12-6-7-12)17(3)10-8-13-5-4-9-15(13,16-2)14(18)19/h11-13,16H,4-10H2,1-3H3,(H,18,19). The van der Waals surface area contributed by atoms with Crippen LogP contribution in [0.1, 0.15) is 45.4 Å². The summed E-state index contributed by atoms with van der Waals surface area (Å²) in [5, 5.41) is 12.6. The number of hydrogen-bond donors (Lipinski definition) is 2. The van der Waals surface area contributed by atoms with Crippen LogP contribution in [0.4, 0.5) is 0 Å². The number of nitrogens with zero attached hydrogens (tertiary/aromatic N) is 1. The van der Waals surface area contributed by atoms with Gasteiger partial charge in [-0.05, 0) is 71.5 Å². The Balaban J connectivity index is 1.88. The third-order valence-corrected chi connectivity index (χ3v) is 5.48. The summed E-state index contributed by atoms with van der Waals surface area (Å²) in [5.41, 5.74) is -0.677. The molecule has 3 unspecified atom stereocenters. The molecule has 0 aromatic heterocycles. The molecule has 0 aromatic carbocycles. The molecule has 2 saturated carbocycles. The minimum absolute atomic E-state index is 0.267. The maximum Gasteiger partial charge on any atom is 0.324 e. The average Bonchev–Trinajstić information content (AvgIpc) is 3.15. The van der Waals surface area contributed by atoms with Gasteiger partial charge in [0.15, 0.2) is 0 Å². The molecule has 2 rings (SSSR count). The first-order valence-electron chi connectivity index (χ1n) is 7.64. The van der Waals surface area contributed by atoms with Gasteiger partial charge in [-0.3, -0.25) is 4.79 Å². The van der Waals surface area contributed by atoms with Crippen molar-refractivity contribution in [2.75, 3.05) is 20.6 Å². The molecule has 2 aliphatic rings. The van der Waals surface area contributed by atoms with Crippen molar-refractivity contribution in [3.8, 4) is 0 Å². The lowest BCUT2D eigenvalue weighted by Gasteiger charge is -2.33. The second kappa shape index (κ2) is 5.80. The van der Waals surface area contributed by atoms with Gasteiger partial charge in [0, 0.05) is 6.04 Å². The van der Waals surface area contributed by atoms with E-state index in [0.29, 0.717) is 6.04 Å². The van der Waals surface area contributed by atoms with Crippen LogP contribution in [0.2, 0.25) is 0 Å². The van der Waals surface area contributed by atoms with Gasteiger partial charge in [-0.25, -0.2) is 0 Å². The topological polar surface area (TPSA) is 52.6 Å². The third kappa shape index (κ3) is 2.95. The van der Waals surface area contributed by atoms with Crippen LogP contribution < -0.4 is 5.32 Å². The molecule has 0 amide bonds. The van der Waals surface area contributed by atoms with E-state index >= 15 is 0 Å². The zero-order chi connectivity index (χ0) is 14.0. The lowest BCUT2D eigenvalue weighted by molar-refractivity contribution is -0.146. The molecule has 0 aromatic rings. The average molecular weight is 268 g/mol. The first-order chi connectivity index (χ1) is 9.01. The number of aliphatic carboxylic acids is 1. The molecule has 0 radical (unpaired) electrons. The Morgan fingerprint density at radius 2 is 2.16 bits per heavy atom. The molecule has 3 atom stereocenters. The molecular formula is C15H28N2O2. The number of rotatable bonds is 7. The number of likely N-dealkylation sites (N-methyl/N-ethyl adjacent to an activating group) is 1. The van der Waals surface area contributed by atoms with Gasteiger partial charge in [-0.2, -0.15) is 0 Å². The van der Waals surface area contributed by atoms with Crippen molar-refractivity contribution >= 4 is 5.97 Å². The highest BCUT2D eigenvalue weighted by atomic mass is 16.4. The summed E-state index contributed by atoms with van der Waals surface area (Å²) in [5.74, 6) is 0.473. The van der Waals surface area contributed by atoms with Crippen molar-refractivity contribution in [1.82, 2.24) is 10.2 Å². The molecule has 0 bridgehead atoms. The molecule has 0 heterocycles. The van der Waals surface area contributed by atoms with Crippen LogP contribution in [0.15, 0.2) is 0 Å². The highest BCUT2D eigenvalue weighted by Crippen LogP contribution is 2.39. The summed E-state index contributed by atoms with van der Waals surface area (Å²) in [4.78, 5) is 14.0. The molecule has 0 aliphatic heterocycles. The van der Waals surface area contributed by atoms with E-state index in [-0.39, 0.29) is 5.92 Å². The van der Waals surface area contributed by atoms with Crippen molar-refractivity contribution < 1.29 is 9.90 Å². The number of nitrogens with one attached hydrogen (secondary N) is 1. The number of carbonyl (C=O) groups is 1. The molecule has 0 spiro atoms. The first kappa shape index (κ1) is 14.8. The summed E-state index contributed by atoms with van der Waals surface area (Å²) >= 11 is 0. The summed E-state index contributed by atoms with van der Waals surface area (Å²) in [6.45, 7) is 3.31. The Kier molecular flexibility index (Phi) is 4.51. The van der Waals surface area contributed by atoms with Crippen molar-refractivity contribution in [3.05, 3.63) is 0 Å². The quantitative estimate of drug-likeness (QED) is 0.741. The Morgan fingerprint density at radius 1 is 1.47 bits per heavy atom. The van der Waals surface area contributed by atoms with Crippen LogP contribution in [0.5, 0.6) is 0 Å². The summed E-state index contributed by atoms with van der Waals surface area (Å²) in [6, 6.07) is 0.648. The predicted molar refractivity (Wildman–Crippen MR) is 76.2 cm³/mol. The second-order valence-corrected chi connectivity index (χ2v) is 6.46. The Bertz CT molecular complexity index is 330. The van der Waals surface area contributed by atoms with Crippen molar-refractivity contribution in [3.63, 3.8) is 0 Å². The van der Waals surface area contributed by atoms with Crippen molar-refractivity contribution in [1.29, 1.82) is 0 Å². The van der Waals surface area contributed by atoms with Gasteiger partial charge in [0.25, 0.3) is 0 Å². The van der Waals surface area contributed by atoms with Gasteiger partial charge in [-0.15, -0.1) is 0 Å². The number of carboxylic acids is 1. The smallest absolute Gasteiger partial charge is 0.324 e. The van der Waals surface area contributed by atoms with Crippen LogP contribution in [-0.2, 0) is 4.79 Å². The number of hydrogen-bond acceptors (Lipinski definition) is 3. The van der Waals surface area contributed by atoms with Gasteiger partial charge < -0.3 is 15.3 Å². The summed E-state index contributed by atoms with van der Waals surface area (Å²) < 4.78 is 0. The highest BCUT2D eigenvalue weighted by molar-refractivity contribution is 5.79. The molecule has 2 N–H and O–H groups in total. The maximum atomic E-state index is 11.6. The van der Waals surface area contributed by atoms with E-state index in [2.05, 4.69) is 24.2 Å².